The molecular weight excluding hydrogens is 366 g/mol. The largest absolute Gasteiger partial charge is 0.453 e. The van der Waals surface area contributed by atoms with E-state index in [-0.39, 0.29) is 18.6 Å². The molecule has 1 amide bonds. The molecule has 0 saturated heterocycles. The van der Waals surface area contributed by atoms with Gasteiger partial charge in [0.05, 0.1) is 17.1 Å². The zero-order chi connectivity index (χ0) is 20.0. The molecule has 0 heterocycles. The summed E-state index contributed by atoms with van der Waals surface area (Å²) in [6.07, 6.45) is -1.05. The van der Waals surface area contributed by atoms with Crippen LogP contribution >= 0.6 is 11.6 Å². The fourth-order valence-corrected chi connectivity index (χ4v) is 2.68. The molecule has 0 aliphatic carbocycles. The van der Waals surface area contributed by atoms with Crippen molar-refractivity contribution >= 4 is 34.9 Å². The number of nitrogens with one attached hydrogen (secondary N) is 1. The monoisotopic (exact) mass is 387 g/mol. The van der Waals surface area contributed by atoms with Crippen LogP contribution in [-0.2, 0) is 14.3 Å². The zero-order valence-electron chi connectivity index (χ0n) is 15.5. The first-order valence-corrected chi connectivity index (χ1v) is 9.01. The smallest absolute Gasteiger partial charge is 0.307 e. The molecule has 0 saturated carbocycles. The van der Waals surface area contributed by atoms with Gasteiger partial charge in [-0.15, -0.1) is 0 Å². The van der Waals surface area contributed by atoms with E-state index in [2.05, 4.69) is 5.32 Å². The third kappa shape index (κ3) is 5.93. The van der Waals surface area contributed by atoms with Gasteiger partial charge in [0, 0.05) is 12.0 Å². The molecule has 2 aromatic carbocycles. The number of anilines is 1. The van der Waals surface area contributed by atoms with Gasteiger partial charge in [0.15, 0.2) is 11.9 Å². The van der Waals surface area contributed by atoms with Crippen molar-refractivity contribution in [2.75, 3.05) is 5.32 Å². The second-order valence-corrected chi connectivity index (χ2v) is 6.75. The Hall–Kier alpha value is -2.66. The molecule has 0 spiro atoms. The zero-order valence-corrected chi connectivity index (χ0v) is 16.3. The molecule has 0 fully saturated rings. The van der Waals surface area contributed by atoms with Crippen molar-refractivity contribution < 1.29 is 19.1 Å². The second kappa shape index (κ2) is 9.33. The van der Waals surface area contributed by atoms with Crippen molar-refractivity contribution in [3.05, 3.63) is 64.2 Å². The number of carbonyl (C=O) groups excluding carboxylic acids is 3. The number of para-hydroxylation sites is 1. The number of Topliss-reactive ketones (excluding diaryl/α,β-unsaturated/α-hetero) is 1. The third-order valence-corrected chi connectivity index (χ3v) is 4.39. The van der Waals surface area contributed by atoms with Crippen LogP contribution in [0, 0.1) is 13.8 Å². The number of halogens is 1. The maximum absolute atomic E-state index is 12.3. The van der Waals surface area contributed by atoms with Crippen LogP contribution in [0.4, 0.5) is 5.69 Å². The number of hydrogen-bond donors (Lipinski definition) is 1. The first-order chi connectivity index (χ1) is 12.8. The number of amides is 1. The van der Waals surface area contributed by atoms with Gasteiger partial charge in [-0.3, -0.25) is 14.4 Å². The Morgan fingerprint density at radius 1 is 1.07 bits per heavy atom. The molecular formula is C21H22ClNO4. The summed E-state index contributed by atoms with van der Waals surface area (Å²) >= 11 is 5.99. The van der Waals surface area contributed by atoms with Crippen molar-refractivity contribution in [1.82, 2.24) is 0 Å². The van der Waals surface area contributed by atoms with E-state index in [1.807, 2.05) is 32.0 Å². The number of esters is 1. The predicted molar refractivity (Wildman–Crippen MR) is 105 cm³/mol. The summed E-state index contributed by atoms with van der Waals surface area (Å²) in [5.74, 6) is -1.21. The number of rotatable bonds is 7. The lowest BCUT2D eigenvalue weighted by atomic mass is 9.99. The molecule has 142 valence electrons. The minimum Gasteiger partial charge on any atom is -0.453 e. The number of benzene rings is 2. The van der Waals surface area contributed by atoms with E-state index in [9.17, 15) is 14.4 Å². The van der Waals surface area contributed by atoms with Crippen molar-refractivity contribution in [2.24, 2.45) is 0 Å². The maximum atomic E-state index is 12.3. The fraction of sp³-hybridized carbons (Fsp3) is 0.286. The molecule has 2 rings (SSSR count). The summed E-state index contributed by atoms with van der Waals surface area (Å²) in [5, 5.41) is 3.00. The Balaban J connectivity index is 1.86. The van der Waals surface area contributed by atoms with Gasteiger partial charge in [-0.05, 0) is 44.5 Å². The van der Waals surface area contributed by atoms with E-state index in [0.29, 0.717) is 16.3 Å². The average molecular weight is 388 g/mol. The first kappa shape index (κ1) is 20.6. The first-order valence-electron chi connectivity index (χ1n) is 8.63. The van der Waals surface area contributed by atoms with Crippen LogP contribution in [0.3, 0.4) is 0 Å². The molecule has 0 aliphatic heterocycles. The summed E-state index contributed by atoms with van der Waals surface area (Å²) in [4.78, 5) is 36.4. The van der Waals surface area contributed by atoms with Gasteiger partial charge in [0.1, 0.15) is 0 Å². The van der Waals surface area contributed by atoms with E-state index >= 15 is 0 Å². The molecule has 6 heteroatoms. The molecule has 0 aromatic heterocycles. The summed E-state index contributed by atoms with van der Waals surface area (Å²) in [7, 11) is 0. The summed E-state index contributed by atoms with van der Waals surface area (Å²) in [6.45, 7) is 5.23. The lowest BCUT2D eigenvalue weighted by molar-refractivity contribution is -0.153. The predicted octanol–water partition coefficient (Wildman–Crippen LogP) is 4.49. The highest BCUT2D eigenvalue weighted by Crippen LogP contribution is 2.21. The van der Waals surface area contributed by atoms with E-state index in [1.165, 1.54) is 6.92 Å². The highest BCUT2D eigenvalue weighted by atomic mass is 35.5. The van der Waals surface area contributed by atoms with Gasteiger partial charge in [-0.2, -0.15) is 0 Å². The molecule has 0 radical (unpaired) electrons. The number of carbonyl (C=O) groups is 3. The van der Waals surface area contributed by atoms with Crippen molar-refractivity contribution in [3.63, 3.8) is 0 Å². The maximum Gasteiger partial charge on any atom is 0.307 e. The Bertz CT molecular complexity index is 863. The molecule has 2 aromatic rings. The Morgan fingerprint density at radius 3 is 2.48 bits per heavy atom. The Morgan fingerprint density at radius 2 is 1.78 bits per heavy atom. The molecule has 5 nitrogen and oxygen atoms in total. The minimum atomic E-state index is -0.996. The molecule has 27 heavy (non-hydrogen) atoms. The number of ether oxygens (including phenoxy) is 1. The quantitative estimate of drug-likeness (QED) is 0.561. The lowest BCUT2D eigenvalue weighted by Crippen LogP contribution is -2.30. The standard InChI is InChI=1S/C21H22ClNO4/c1-13-8-9-14(2)16(12-13)19(24)10-11-20(25)27-15(3)21(26)23-18-7-5-4-6-17(18)22/h4-9,12,15H,10-11H2,1-3H3,(H,23,26)/t15-/m1/s1. The Kier molecular flexibility index (Phi) is 7.13. The minimum absolute atomic E-state index is 0.0297. The van der Waals surface area contributed by atoms with Gasteiger partial charge < -0.3 is 10.1 Å². The van der Waals surface area contributed by atoms with Gasteiger partial charge in [-0.1, -0.05) is 41.4 Å². The summed E-state index contributed by atoms with van der Waals surface area (Å²) in [5.41, 5.74) is 2.90. The topological polar surface area (TPSA) is 72.5 Å². The summed E-state index contributed by atoms with van der Waals surface area (Å²) in [6, 6.07) is 12.4. The van der Waals surface area contributed by atoms with Crippen LogP contribution in [0.15, 0.2) is 42.5 Å². The van der Waals surface area contributed by atoms with Crippen molar-refractivity contribution in [2.45, 2.75) is 39.7 Å². The SMILES string of the molecule is Cc1ccc(C)c(C(=O)CCC(=O)O[C@H](C)C(=O)Nc2ccccc2Cl)c1. The van der Waals surface area contributed by atoms with Crippen LogP contribution < -0.4 is 5.32 Å². The molecule has 0 unspecified atom stereocenters. The highest BCUT2D eigenvalue weighted by molar-refractivity contribution is 6.33. The normalized spacial score (nSPS) is 11.6. The van der Waals surface area contributed by atoms with Crippen LogP contribution in [0.2, 0.25) is 5.02 Å². The van der Waals surface area contributed by atoms with Gasteiger partial charge in [-0.25, -0.2) is 0 Å². The van der Waals surface area contributed by atoms with Crippen LogP contribution in [-0.4, -0.2) is 23.8 Å². The van der Waals surface area contributed by atoms with Gasteiger partial charge in [0.25, 0.3) is 5.91 Å². The van der Waals surface area contributed by atoms with Crippen molar-refractivity contribution in [3.8, 4) is 0 Å². The van der Waals surface area contributed by atoms with E-state index in [1.54, 1.807) is 24.3 Å². The number of aryl methyl sites for hydroxylation is 2. The molecule has 0 aliphatic rings. The Labute approximate surface area is 163 Å². The molecule has 0 bridgehead atoms. The van der Waals surface area contributed by atoms with E-state index < -0.39 is 18.0 Å². The average Bonchev–Trinajstić information content (AvgIpc) is 2.63. The lowest BCUT2D eigenvalue weighted by Gasteiger charge is -2.14. The molecule has 1 atom stereocenters. The second-order valence-electron chi connectivity index (χ2n) is 6.34. The fourth-order valence-electron chi connectivity index (χ4n) is 2.49. The highest BCUT2D eigenvalue weighted by Gasteiger charge is 2.20. The van der Waals surface area contributed by atoms with Crippen molar-refractivity contribution in [1.29, 1.82) is 0 Å². The number of hydrogen-bond acceptors (Lipinski definition) is 4. The van der Waals surface area contributed by atoms with E-state index in [4.69, 9.17) is 16.3 Å². The van der Waals surface area contributed by atoms with Gasteiger partial charge >= 0.3 is 5.97 Å². The summed E-state index contributed by atoms with van der Waals surface area (Å²) < 4.78 is 5.12. The van der Waals surface area contributed by atoms with Crippen LogP contribution in [0.25, 0.3) is 0 Å². The van der Waals surface area contributed by atoms with Gasteiger partial charge in [0.2, 0.25) is 0 Å². The van der Waals surface area contributed by atoms with Crippen LogP contribution in [0.5, 0.6) is 0 Å². The molecule has 1 N–H and O–H groups in total. The number of ketones is 1. The third-order valence-electron chi connectivity index (χ3n) is 4.06. The van der Waals surface area contributed by atoms with E-state index in [0.717, 1.165) is 11.1 Å². The van der Waals surface area contributed by atoms with Crippen LogP contribution in [0.1, 0.15) is 41.3 Å².